The van der Waals surface area contributed by atoms with Crippen molar-refractivity contribution in [3.63, 3.8) is 0 Å². The van der Waals surface area contributed by atoms with Gasteiger partial charge in [-0.05, 0) is 50.7 Å². The normalized spacial score (nSPS) is 32.1. The highest BCUT2D eigenvalue weighted by atomic mass is 28.4. The molecule has 3 atom stereocenters. The van der Waals surface area contributed by atoms with E-state index in [0.29, 0.717) is 6.42 Å². The van der Waals surface area contributed by atoms with Gasteiger partial charge in [0.25, 0.3) is 0 Å². The Morgan fingerprint density at radius 3 is 2.05 bits per heavy atom. The van der Waals surface area contributed by atoms with Gasteiger partial charge in [0.2, 0.25) is 0 Å². The van der Waals surface area contributed by atoms with Crippen molar-refractivity contribution in [3.8, 4) is 0 Å². The summed E-state index contributed by atoms with van der Waals surface area (Å²) in [5.74, 6) is 0.192. The Balaban J connectivity index is 2.89. The van der Waals surface area contributed by atoms with Crippen LogP contribution in [0.2, 0.25) is 18.1 Å². The molecule has 0 radical (unpaired) electrons. The molecule has 1 fully saturated rings. The Bertz CT molecular complexity index is 341. The van der Waals surface area contributed by atoms with E-state index in [-0.39, 0.29) is 29.1 Å². The highest BCUT2D eigenvalue weighted by Gasteiger charge is 2.58. The summed E-state index contributed by atoms with van der Waals surface area (Å²) in [6, 6.07) is 0. The topological polar surface area (TPSA) is 49.7 Å². The van der Waals surface area contributed by atoms with Crippen LogP contribution in [0.15, 0.2) is 0 Å². The molecule has 1 aliphatic rings. The minimum absolute atomic E-state index is 0.123. The summed E-state index contributed by atoms with van der Waals surface area (Å²) < 4.78 is 6.55. The summed E-state index contributed by atoms with van der Waals surface area (Å²) in [6.07, 6.45) is 1.75. The van der Waals surface area contributed by atoms with E-state index < -0.39 is 13.9 Å². The van der Waals surface area contributed by atoms with Crippen LogP contribution in [0.25, 0.3) is 0 Å². The fourth-order valence-electron chi connectivity index (χ4n) is 3.20. The van der Waals surface area contributed by atoms with E-state index in [4.69, 9.17) is 4.43 Å². The number of rotatable bonds is 5. The lowest BCUT2D eigenvalue weighted by atomic mass is 9.52. The van der Waals surface area contributed by atoms with E-state index in [2.05, 4.69) is 40.8 Å². The van der Waals surface area contributed by atoms with Crippen LogP contribution in [0.1, 0.15) is 54.4 Å². The third kappa shape index (κ3) is 3.29. The molecule has 1 rings (SSSR count). The number of hydrogen-bond donors (Lipinski definition) is 2. The van der Waals surface area contributed by atoms with Gasteiger partial charge in [0.05, 0.1) is 11.7 Å². The van der Waals surface area contributed by atoms with Crippen LogP contribution in [0.3, 0.4) is 0 Å². The Morgan fingerprint density at radius 1 is 1.20 bits per heavy atom. The summed E-state index contributed by atoms with van der Waals surface area (Å²) in [5.41, 5.74) is -0.834. The first-order valence-electron chi connectivity index (χ1n) is 7.77. The second-order valence-electron chi connectivity index (χ2n) is 8.79. The predicted octanol–water partition coefficient (Wildman–Crippen LogP) is 3.56. The Kier molecular flexibility index (Phi) is 4.88. The van der Waals surface area contributed by atoms with Gasteiger partial charge in [0.15, 0.2) is 8.32 Å². The lowest BCUT2D eigenvalue weighted by molar-refractivity contribution is -0.183. The van der Waals surface area contributed by atoms with E-state index in [1.54, 1.807) is 0 Å². The first-order valence-corrected chi connectivity index (χ1v) is 10.7. The molecular formula is C16H34O3Si. The minimum Gasteiger partial charge on any atom is -0.413 e. The van der Waals surface area contributed by atoms with E-state index >= 15 is 0 Å². The highest BCUT2D eigenvalue weighted by Crippen LogP contribution is 2.57. The monoisotopic (exact) mass is 302 g/mol. The van der Waals surface area contributed by atoms with Crippen LogP contribution in [-0.4, -0.2) is 36.8 Å². The maximum absolute atomic E-state index is 10.3. The Labute approximate surface area is 125 Å². The molecule has 20 heavy (non-hydrogen) atoms. The van der Waals surface area contributed by atoms with Crippen LogP contribution in [0, 0.1) is 11.3 Å². The first kappa shape index (κ1) is 18.1. The van der Waals surface area contributed by atoms with Crippen LogP contribution in [0.5, 0.6) is 0 Å². The zero-order valence-electron chi connectivity index (χ0n) is 14.6. The van der Waals surface area contributed by atoms with Crippen molar-refractivity contribution in [3.05, 3.63) is 0 Å². The van der Waals surface area contributed by atoms with Gasteiger partial charge in [-0.1, -0.05) is 27.7 Å². The fourth-order valence-corrected chi connectivity index (χ4v) is 4.63. The predicted molar refractivity (Wildman–Crippen MR) is 86.3 cm³/mol. The molecule has 0 bridgehead atoms. The van der Waals surface area contributed by atoms with Crippen molar-refractivity contribution < 1.29 is 14.6 Å². The molecular weight excluding hydrogens is 268 g/mol. The molecule has 1 aliphatic carbocycles. The van der Waals surface area contributed by atoms with Gasteiger partial charge < -0.3 is 14.6 Å². The fraction of sp³-hybridized carbons (Fsp3) is 1.00. The summed E-state index contributed by atoms with van der Waals surface area (Å²) in [5, 5.41) is 19.9. The molecule has 0 unspecified atom stereocenters. The second kappa shape index (κ2) is 5.38. The largest absolute Gasteiger partial charge is 0.413 e. The van der Waals surface area contributed by atoms with Crippen LogP contribution in [-0.2, 0) is 4.43 Å². The Hall–Kier alpha value is 0.0969. The summed E-state index contributed by atoms with van der Waals surface area (Å²) in [7, 11) is -1.81. The summed E-state index contributed by atoms with van der Waals surface area (Å²) >= 11 is 0. The zero-order chi connectivity index (χ0) is 16.0. The molecule has 0 spiro atoms. The lowest BCUT2D eigenvalue weighted by Gasteiger charge is -2.60. The van der Waals surface area contributed by atoms with Crippen molar-refractivity contribution in [1.82, 2.24) is 0 Å². The molecule has 2 N–H and O–H groups in total. The zero-order valence-corrected chi connectivity index (χ0v) is 15.6. The van der Waals surface area contributed by atoms with E-state index in [1.807, 2.05) is 13.8 Å². The molecule has 0 aromatic rings. The third-order valence-electron chi connectivity index (χ3n) is 5.73. The van der Waals surface area contributed by atoms with E-state index in [0.717, 1.165) is 6.42 Å². The molecule has 1 saturated carbocycles. The molecule has 0 aromatic heterocycles. The molecule has 0 saturated heterocycles. The third-order valence-corrected chi connectivity index (χ3v) is 10.2. The molecule has 4 heteroatoms. The summed E-state index contributed by atoms with van der Waals surface area (Å²) in [6.45, 7) is 17.3. The average Bonchev–Trinajstić information content (AvgIpc) is 2.20. The van der Waals surface area contributed by atoms with Crippen molar-refractivity contribution in [2.24, 2.45) is 11.3 Å². The van der Waals surface area contributed by atoms with Gasteiger partial charge in [-0.3, -0.25) is 0 Å². The minimum atomic E-state index is -1.81. The van der Waals surface area contributed by atoms with Crippen molar-refractivity contribution in [2.45, 2.75) is 84.2 Å². The van der Waals surface area contributed by atoms with Crippen LogP contribution >= 0.6 is 0 Å². The Morgan fingerprint density at radius 2 is 1.70 bits per heavy atom. The number of aliphatic hydroxyl groups excluding tert-OH is 1. The number of aliphatic hydroxyl groups is 2. The summed E-state index contributed by atoms with van der Waals surface area (Å²) in [4.78, 5) is 0. The van der Waals surface area contributed by atoms with Crippen LogP contribution < -0.4 is 0 Å². The van der Waals surface area contributed by atoms with Gasteiger partial charge in [-0.2, -0.15) is 0 Å². The van der Waals surface area contributed by atoms with Gasteiger partial charge in [-0.25, -0.2) is 0 Å². The van der Waals surface area contributed by atoms with Crippen molar-refractivity contribution in [2.75, 3.05) is 6.61 Å². The maximum Gasteiger partial charge on any atom is 0.192 e. The lowest BCUT2D eigenvalue weighted by Crippen LogP contribution is -2.63. The van der Waals surface area contributed by atoms with Crippen LogP contribution in [0.4, 0.5) is 0 Å². The molecule has 0 aromatic carbocycles. The molecule has 0 heterocycles. The van der Waals surface area contributed by atoms with Gasteiger partial charge in [0, 0.05) is 12.0 Å². The average molecular weight is 303 g/mol. The first-order chi connectivity index (χ1) is 8.75. The van der Waals surface area contributed by atoms with Gasteiger partial charge in [0.1, 0.15) is 0 Å². The van der Waals surface area contributed by atoms with Crippen molar-refractivity contribution in [1.29, 1.82) is 0 Å². The van der Waals surface area contributed by atoms with E-state index in [1.165, 1.54) is 0 Å². The van der Waals surface area contributed by atoms with Gasteiger partial charge >= 0.3 is 0 Å². The molecule has 120 valence electrons. The van der Waals surface area contributed by atoms with E-state index in [9.17, 15) is 10.2 Å². The highest BCUT2D eigenvalue weighted by molar-refractivity contribution is 6.74. The smallest absolute Gasteiger partial charge is 0.192 e. The SMILES string of the molecule is CC(C)(O)[C@@H]1C[C@H](O[Si](C)(C)C(C)(C)C)[C@]1(C)CCO. The standard InChI is InChI=1S/C16H34O3Si/c1-14(2,3)20(7,8)19-13-11-12(15(4,5)18)16(13,6)9-10-17/h12-13,17-18H,9-11H2,1-8H3/t12-,13-,16+/m0/s1. The van der Waals surface area contributed by atoms with Crippen molar-refractivity contribution >= 4 is 8.32 Å². The second-order valence-corrected chi connectivity index (χ2v) is 13.5. The maximum atomic E-state index is 10.3. The molecule has 3 nitrogen and oxygen atoms in total. The number of hydrogen-bond acceptors (Lipinski definition) is 3. The van der Waals surface area contributed by atoms with Gasteiger partial charge in [-0.15, -0.1) is 0 Å². The molecule has 0 aliphatic heterocycles. The molecule has 0 amide bonds. The quantitative estimate of drug-likeness (QED) is 0.764.